The van der Waals surface area contributed by atoms with Crippen LogP contribution in [-0.2, 0) is 0 Å². The molecular formula is C11H14N2. The second-order valence-electron chi connectivity index (χ2n) is 3.07. The van der Waals surface area contributed by atoms with E-state index in [1.54, 1.807) is 0 Å². The zero-order valence-corrected chi connectivity index (χ0v) is 7.61. The van der Waals surface area contributed by atoms with Crippen LogP contribution in [0.5, 0.6) is 0 Å². The zero-order valence-electron chi connectivity index (χ0n) is 7.61. The van der Waals surface area contributed by atoms with Crippen molar-refractivity contribution < 1.29 is 0 Å². The number of nitriles is 1. The van der Waals surface area contributed by atoms with Gasteiger partial charge < -0.3 is 5.73 Å². The number of nitrogens with two attached hydrogens (primary N) is 1. The van der Waals surface area contributed by atoms with Gasteiger partial charge in [-0.2, -0.15) is 5.26 Å². The highest BCUT2D eigenvalue weighted by Gasteiger charge is 2.03. The molecule has 1 aromatic carbocycles. The molecule has 0 aliphatic heterocycles. The van der Waals surface area contributed by atoms with Crippen LogP contribution in [0.15, 0.2) is 30.3 Å². The molecule has 0 aliphatic carbocycles. The normalized spacial score (nSPS) is 12.0. The molecular weight excluding hydrogens is 160 g/mol. The quantitative estimate of drug-likeness (QED) is 0.712. The van der Waals surface area contributed by atoms with Gasteiger partial charge in [-0.3, -0.25) is 0 Å². The minimum atomic E-state index is 0.0783. The Kier molecular flexibility index (Phi) is 4.01. The van der Waals surface area contributed by atoms with Crippen molar-refractivity contribution in [2.45, 2.75) is 25.3 Å². The molecule has 0 unspecified atom stereocenters. The molecule has 2 N–H and O–H groups in total. The fraction of sp³-hybridized carbons (Fsp3) is 0.364. The first-order valence-corrected chi connectivity index (χ1v) is 4.52. The Morgan fingerprint density at radius 3 is 2.62 bits per heavy atom. The van der Waals surface area contributed by atoms with Gasteiger partial charge >= 0.3 is 0 Å². The number of nitrogens with zero attached hydrogens (tertiary/aromatic N) is 1. The first-order chi connectivity index (χ1) is 6.34. The number of benzene rings is 1. The SMILES string of the molecule is N#CCCC[C@@H](N)c1ccccc1. The monoisotopic (exact) mass is 174 g/mol. The molecule has 1 aromatic rings. The van der Waals surface area contributed by atoms with Crippen LogP contribution in [0.1, 0.15) is 30.9 Å². The van der Waals surface area contributed by atoms with Gasteiger partial charge in [0.1, 0.15) is 0 Å². The summed E-state index contributed by atoms with van der Waals surface area (Å²) in [7, 11) is 0. The molecule has 2 heteroatoms. The zero-order chi connectivity index (χ0) is 9.52. The summed E-state index contributed by atoms with van der Waals surface area (Å²) in [6.07, 6.45) is 2.37. The number of hydrogen-bond acceptors (Lipinski definition) is 2. The molecule has 1 atom stereocenters. The van der Waals surface area contributed by atoms with Crippen LogP contribution in [0.3, 0.4) is 0 Å². The Morgan fingerprint density at radius 1 is 1.31 bits per heavy atom. The lowest BCUT2D eigenvalue weighted by Gasteiger charge is -2.09. The maximum absolute atomic E-state index is 8.36. The Morgan fingerprint density at radius 2 is 2.00 bits per heavy atom. The van der Waals surface area contributed by atoms with Crippen LogP contribution in [0.4, 0.5) is 0 Å². The number of hydrogen-bond donors (Lipinski definition) is 1. The van der Waals surface area contributed by atoms with Gasteiger partial charge in [0.25, 0.3) is 0 Å². The van der Waals surface area contributed by atoms with E-state index in [2.05, 4.69) is 6.07 Å². The van der Waals surface area contributed by atoms with Gasteiger partial charge in [-0.25, -0.2) is 0 Å². The van der Waals surface area contributed by atoms with E-state index in [4.69, 9.17) is 11.0 Å². The van der Waals surface area contributed by atoms with Crippen molar-refractivity contribution in [2.75, 3.05) is 0 Å². The van der Waals surface area contributed by atoms with Crippen molar-refractivity contribution in [3.8, 4) is 6.07 Å². The molecule has 0 spiro atoms. The summed E-state index contributed by atoms with van der Waals surface area (Å²) in [4.78, 5) is 0. The molecule has 0 heterocycles. The summed E-state index contributed by atoms with van der Waals surface area (Å²) in [6, 6.07) is 12.2. The van der Waals surface area contributed by atoms with E-state index in [0.29, 0.717) is 6.42 Å². The van der Waals surface area contributed by atoms with Crippen LogP contribution in [0.2, 0.25) is 0 Å². The number of rotatable bonds is 4. The summed E-state index contributed by atoms with van der Waals surface area (Å²) < 4.78 is 0. The van der Waals surface area contributed by atoms with Crippen molar-refractivity contribution in [1.29, 1.82) is 5.26 Å². The van der Waals surface area contributed by atoms with Crippen LogP contribution >= 0.6 is 0 Å². The predicted molar refractivity (Wildman–Crippen MR) is 52.8 cm³/mol. The largest absolute Gasteiger partial charge is 0.324 e. The Labute approximate surface area is 79.0 Å². The third-order valence-corrected chi connectivity index (χ3v) is 2.03. The molecule has 0 aliphatic rings. The van der Waals surface area contributed by atoms with Gasteiger partial charge in [-0.05, 0) is 18.4 Å². The highest BCUT2D eigenvalue weighted by molar-refractivity contribution is 5.18. The van der Waals surface area contributed by atoms with Gasteiger partial charge in [0.2, 0.25) is 0 Å². The van der Waals surface area contributed by atoms with Gasteiger partial charge in [-0.1, -0.05) is 30.3 Å². The molecule has 0 aromatic heterocycles. The molecule has 0 saturated carbocycles. The van der Waals surface area contributed by atoms with Crippen molar-refractivity contribution in [1.82, 2.24) is 0 Å². The maximum Gasteiger partial charge on any atom is 0.0621 e. The smallest absolute Gasteiger partial charge is 0.0621 e. The number of unbranched alkanes of at least 4 members (excludes halogenated alkanes) is 1. The Hall–Kier alpha value is -1.33. The van der Waals surface area contributed by atoms with Crippen molar-refractivity contribution in [3.05, 3.63) is 35.9 Å². The molecule has 1 rings (SSSR count). The molecule has 0 amide bonds. The average Bonchev–Trinajstić information content (AvgIpc) is 2.19. The molecule has 0 fully saturated rings. The molecule has 0 saturated heterocycles. The fourth-order valence-corrected chi connectivity index (χ4v) is 1.27. The van der Waals surface area contributed by atoms with E-state index >= 15 is 0 Å². The Bertz CT molecular complexity index is 274. The highest BCUT2D eigenvalue weighted by Crippen LogP contribution is 2.15. The van der Waals surface area contributed by atoms with Gasteiger partial charge in [0.05, 0.1) is 6.07 Å². The molecule has 68 valence electrons. The van der Waals surface area contributed by atoms with E-state index in [-0.39, 0.29) is 6.04 Å². The van der Waals surface area contributed by atoms with E-state index in [1.807, 2.05) is 30.3 Å². The lowest BCUT2D eigenvalue weighted by molar-refractivity contribution is 0.619. The maximum atomic E-state index is 8.36. The van der Waals surface area contributed by atoms with Crippen molar-refractivity contribution in [3.63, 3.8) is 0 Å². The third kappa shape index (κ3) is 3.27. The average molecular weight is 174 g/mol. The van der Waals surface area contributed by atoms with Gasteiger partial charge in [-0.15, -0.1) is 0 Å². The summed E-state index contributed by atoms with van der Waals surface area (Å²) in [6.45, 7) is 0. The Balaban J connectivity index is 2.41. The summed E-state index contributed by atoms with van der Waals surface area (Å²) >= 11 is 0. The van der Waals surface area contributed by atoms with Gasteiger partial charge in [0, 0.05) is 12.5 Å². The standard InChI is InChI=1S/C11H14N2/c12-9-5-4-8-11(13)10-6-2-1-3-7-10/h1-3,6-7,11H,4-5,8,13H2/t11-/m1/s1. The molecule has 0 bridgehead atoms. The predicted octanol–water partition coefficient (Wildman–Crippen LogP) is 2.38. The fourth-order valence-electron chi connectivity index (χ4n) is 1.27. The highest BCUT2D eigenvalue weighted by atomic mass is 14.6. The first kappa shape index (κ1) is 9.76. The van der Waals surface area contributed by atoms with Crippen LogP contribution < -0.4 is 5.73 Å². The summed E-state index contributed by atoms with van der Waals surface area (Å²) in [5.41, 5.74) is 7.08. The third-order valence-electron chi connectivity index (χ3n) is 2.03. The summed E-state index contributed by atoms with van der Waals surface area (Å²) in [5, 5.41) is 8.36. The van der Waals surface area contributed by atoms with E-state index in [0.717, 1.165) is 18.4 Å². The van der Waals surface area contributed by atoms with E-state index in [1.165, 1.54) is 0 Å². The topological polar surface area (TPSA) is 49.8 Å². The molecule has 2 nitrogen and oxygen atoms in total. The van der Waals surface area contributed by atoms with Crippen LogP contribution in [0, 0.1) is 11.3 Å². The lowest BCUT2D eigenvalue weighted by Crippen LogP contribution is -2.09. The first-order valence-electron chi connectivity index (χ1n) is 4.52. The van der Waals surface area contributed by atoms with E-state index < -0.39 is 0 Å². The lowest BCUT2D eigenvalue weighted by atomic mass is 10.0. The molecule has 0 radical (unpaired) electrons. The van der Waals surface area contributed by atoms with Crippen molar-refractivity contribution in [2.24, 2.45) is 5.73 Å². The second-order valence-corrected chi connectivity index (χ2v) is 3.07. The van der Waals surface area contributed by atoms with Crippen molar-refractivity contribution >= 4 is 0 Å². The van der Waals surface area contributed by atoms with Crippen LogP contribution in [-0.4, -0.2) is 0 Å². The van der Waals surface area contributed by atoms with Crippen LogP contribution in [0.25, 0.3) is 0 Å². The second kappa shape index (κ2) is 5.34. The minimum Gasteiger partial charge on any atom is -0.324 e. The van der Waals surface area contributed by atoms with Gasteiger partial charge in [0.15, 0.2) is 0 Å². The minimum absolute atomic E-state index is 0.0783. The van der Waals surface area contributed by atoms with E-state index in [9.17, 15) is 0 Å². The summed E-state index contributed by atoms with van der Waals surface area (Å²) in [5.74, 6) is 0. The molecule has 13 heavy (non-hydrogen) atoms.